The van der Waals surface area contributed by atoms with E-state index in [4.69, 9.17) is 0 Å². The van der Waals surface area contributed by atoms with Crippen molar-refractivity contribution in [2.45, 2.75) is 46.1 Å². The molecule has 1 heterocycles. The Morgan fingerprint density at radius 2 is 1.85 bits per heavy atom. The van der Waals surface area contributed by atoms with Gasteiger partial charge in [-0.25, -0.2) is 0 Å². The van der Waals surface area contributed by atoms with E-state index in [0.29, 0.717) is 6.42 Å². The van der Waals surface area contributed by atoms with Crippen molar-refractivity contribution in [1.29, 1.82) is 0 Å². The minimum Gasteiger partial charge on any atom is -0.374 e. The van der Waals surface area contributed by atoms with Crippen LogP contribution in [0.2, 0.25) is 0 Å². The molecule has 2 aromatic carbocycles. The highest BCUT2D eigenvalue weighted by molar-refractivity contribution is 5.97. The number of benzene rings is 2. The molecule has 2 aromatic rings. The number of hydrogen-bond donors (Lipinski definition) is 2. The van der Waals surface area contributed by atoms with Gasteiger partial charge in [0.15, 0.2) is 0 Å². The standard InChI is InChI=1S/C22H27N3O2/c1-4-17-7-9-18(10-8-17)24-22(27)16(3)23-19-11-12-20(15(2)14-19)25-13-5-6-21(25)26/h7-12,14,16,23H,4-6,13H2,1-3H3,(H,24,27)/t16-/m0/s1. The molecule has 1 atom stereocenters. The predicted octanol–water partition coefficient (Wildman–Crippen LogP) is 4.12. The Labute approximate surface area is 160 Å². The lowest BCUT2D eigenvalue weighted by Gasteiger charge is -2.20. The molecule has 0 unspecified atom stereocenters. The molecule has 1 aliphatic rings. The molecule has 2 N–H and O–H groups in total. The zero-order valence-electron chi connectivity index (χ0n) is 16.2. The Balaban J connectivity index is 1.62. The van der Waals surface area contributed by atoms with Crippen LogP contribution in [-0.2, 0) is 16.0 Å². The summed E-state index contributed by atoms with van der Waals surface area (Å²) in [5.74, 6) is 0.0938. The van der Waals surface area contributed by atoms with Gasteiger partial charge in [0.1, 0.15) is 6.04 Å². The fourth-order valence-electron chi connectivity index (χ4n) is 3.34. The molecule has 0 aromatic heterocycles. The van der Waals surface area contributed by atoms with Gasteiger partial charge in [0.25, 0.3) is 0 Å². The third kappa shape index (κ3) is 4.48. The molecule has 5 nitrogen and oxygen atoms in total. The van der Waals surface area contributed by atoms with Crippen molar-refractivity contribution in [3.05, 3.63) is 53.6 Å². The van der Waals surface area contributed by atoms with E-state index < -0.39 is 0 Å². The number of carbonyl (C=O) groups is 2. The van der Waals surface area contributed by atoms with Crippen molar-refractivity contribution in [2.24, 2.45) is 0 Å². The van der Waals surface area contributed by atoms with Gasteiger partial charge in [-0.3, -0.25) is 9.59 Å². The van der Waals surface area contributed by atoms with Crippen molar-refractivity contribution in [3.8, 4) is 0 Å². The van der Waals surface area contributed by atoms with Gasteiger partial charge in [-0.1, -0.05) is 19.1 Å². The van der Waals surface area contributed by atoms with Crippen molar-refractivity contribution in [3.63, 3.8) is 0 Å². The van der Waals surface area contributed by atoms with E-state index in [-0.39, 0.29) is 17.9 Å². The minimum atomic E-state index is -0.380. The predicted molar refractivity (Wildman–Crippen MR) is 110 cm³/mol. The highest BCUT2D eigenvalue weighted by atomic mass is 16.2. The summed E-state index contributed by atoms with van der Waals surface area (Å²) < 4.78 is 0. The second-order valence-corrected chi connectivity index (χ2v) is 7.06. The number of hydrogen-bond acceptors (Lipinski definition) is 3. The monoisotopic (exact) mass is 365 g/mol. The Morgan fingerprint density at radius 1 is 1.15 bits per heavy atom. The van der Waals surface area contributed by atoms with Crippen molar-refractivity contribution < 1.29 is 9.59 Å². The summed E-state index contributed by atoms with van der Waals surface area (Å²) in [5.41, 5.74) is 4.89. The molecule has 0 radical (unpaired) electrons. The molecule has 0 bridgehead atoms. The largest absolute Gasteiger partial charge is 0.374 e. The van der Waals surface area contributed by atoms with Gasteiger partial charge in [0, 0.05) is 30.0 Å². The lowest BCUT2D eigenvalue weighted by molar-refractivity contribution is -0.117. The number of nitrogens with zero attached hydrogens (tertiary/aromatic N) is 1. The quantitative estimate of drug-likeness (QED) is 0.809. The second-order valence-electron chi connectivity index (χ2n) is 7.06. The number of nitrogens with one attached hydrogen (secondary N) is 2. The summed E-state index contributed by atoms with van der Waals surface area (Å²) in [4.78, 5) is 26.2. The SMILES string of the molecule is CCc1ccc(NC(=O)[C@H](C)Nc2ccc(N3CCCC3=O)c(C)c2)cc1. The molecule has 2 amide bonds. The van der Waals surface area contributed by atoms with Gasteiger partial charge in [0.2, 0.25) is 11.8 Å². The Bertz CT molecular complexity index is 830. The van der Waals surface area contributed by atoms with E-state index in [1.54, 1.807) is 0 Å². The first-order valence-electron chi connectivity index (χ1n) is 9.55. The van der Waals surface area contributed by atoms with Crippen LogP contribution in [0.4, 0.5) is 17.1 Å². The van der Waals surface area contributed by atoms with Crippen molar-refractivity contribution in [2.75, 3.05) is 22.1 Å². The molecule has 0 spiro atoms. The molecule has 0 aliphatic carbocycles. The van der Waals surface area contributed by atoms with E-state index in [9.17, 15) is 9.59 Å². The van der Waals surface area contributed by atoms with Crippen LogP contribution < -0.4 is 15.5 Å². The molecule has 1 aliphatic heterocycles. The summed E-state index contributed by atoms with van der Waals surface area (Å²) in [5, 5.41) is 6.17. The summed E-state index contributed by atoms with van der Waals surface area (Å²) >= 11 is 0. The maximum atomic E-state index is 12.4. The van der Waals surface area contributed by atoms with Crippen molar-refractivity contribution in [1.82, 2.24) is 0 Å². The first-order valence-corrected chi connectivity index (χ1v) is 9.55. The van der Waals surface area contributed by atoms with Crippen LogP contribution >= 0.6 is 0 Å². The minimum absolute atomic E-state index is 0.0873. The van der Waals surface area contributed by atoms with E-state index in [1.807, 2.05) is 61.2 Å². The molecule has 3 rings (SSSR count). The number of rotatable bonds is 6. The summed E-state index contributed by atoms with van der Waals surface area (Å²) in [6.45, 7) is 6.71. The normalized spacial score (nSPS) is 14.9. The first kappa shape index (κ1) is 19.0. The van der Waals surface area contributed by atoms with Crippen LogP contribution in [0.5, 0.6) is 0 Å². The third-order valence-corrected chi connectivity index (χ3v) is 4.97. The van der Waals surface area contributed by atoms with E-state index in [2.05, 4.69) is 17.6 Å². The zero-order chi connectivity index (χ0) is 19.4. The van der Waals surface area contributed by atoms with E-state index >= 15 is 0 Å². The van der Waals surface area contributed by atoms with Crippen LogP contribution in [0.3, 0.4) is 0 Å². The Kier molecular flexibility index (Phi) is 5.79. The number of amides is 2. The highest BCUT2D eigenvalue weighted by Crippen LogP contribution is 2.27. The molecular weight excluding hydrogens is 338 g/mol. The third-order valence-electron chi connectivity index (χ3n) is 4.97. The second kappa shape index (κ2) is 8.25. The van der Waals surface area contributed by atoms with Gasteiger partial charge >= 0.3 is 0 Å². The van der Waals surface area contributed by atoms with E-state index in [0.717, 1.165) is 42.0 Å². The lowest BCUT2D eigenvalue weighted by atomic mass is 10.1. The van der Waals surface area contributed by atoms with E-state index in [1.165, 1.54) is 5.56 Å². The van der Waals surface area contributed by atoms with Gasteiger partial charge in [-0.2, -0.15) is 0 Å². The zero-order valence-corrected chi connectivity index (χ0v) is 16.2. The van der Waals surface area contributed by atoms with Gasteiger partial charge < -0.3 is 15.5 Å². The van der Waals surface area contributed by atoms with Crippen LogP contribution in [0.25, 0.3) is 0 Å². The number of anilines is 3. The molecule has 1 fully saturated rings. The molecule has 27 heavy (non-hydrogen) atoms. The Hall–Kier alpha value is -2.82. The van der Waals surface area contributed by atoms with Crippen LogP contribution in [0.15, 0.2) is 42.5 Å². The first-order chi connectivity index (χ1) is 13.0. The summed E-state index contributed by atoms with van der Waals surface area (Å²) in [7, 11) is 0. The fourth-order valence-corrected chi connectivity index (χ4v) is 3.34. The molecule has 1 saturated heterocycles. The maximum absolute atomic E-state index is 12.4. The number of aryl methyl sites for hydroxylation is 2. The maximum Gasteiger partial charge on any atom is 0.246 e. The molecular formula is C22H27N3O2. The average molecular weight is 365 g/mol. The van der Waals surface area contributed by atoms with Gasteiger partial charge in [-0.15, -0.1) is 0 Å². The lowest BCUT2D eigenvalue weighted by Crippen LogP contribution is -2.32. The summed E-state index contributed by atoms with van der Waals surface area (Å²) in [6.07, 6.45) is 2.51. The van der Waals surface area contributed by atoms with Gasteiger partial charge in [0.05, 0.1) is 0 Å². The van der Waals surface area contributed by atoms with Crippen molar-refractivity contribution >= 4 is 28.9 Å². The molecule has 142 valence electrons. The Morgan fingerprint density at radius 3 is 2.44 bits per heavy atom. The highest BCUT2D eigenvalue weighted by Gasteiger charge is 2.23. The topological polar surface area (TPSA) is 61.4 Å². The number of carbonyl (C=O) groups excluding carboxylic acids is 2. The average Bonchev–Trinajstić information content (AvgIpc) is 3.08. The summed E-state index contributed by atoms with van der Waals surface area (Å²) in [6, 6.07) is 13.4. The van der Waals surface area contributed by atoms with Crippen LogP contribution in [0, 0.1) is 6.92 Å². The smallest absolute Gasteiger partial charge is 0.246 e. The molecule has 5 heteroatoms. The van der Waals surface area contributed by atoms with Gasteiger partial charge in [-0.05, 0) is 68.1 Å². The fraction of sp³-hybridized carbons (Fsp3) is 0.364. The van der Waals surface area contributed by atoms with Crippen LogP contribution in [-0.4, -0.2) is 24.4 Å². The molecule has 0 saturated carbocycles. The van der Waals surface area contributed by atoms with Crippen LogP contribution in [0.1, 0.15) is 37.8 Å².